The van der Waals surface area contributed by atoms with Gasteiger partial charge in [0.05, 0.1) is 19.9 Å². The number of likely N-dealkylation sites (tertiary alicyclic amines) is 1. The third-order valence-corrected chi connectivity index (χ3v) is 5.73. The molecule has 0 saturated carbocycles. The molecule has 4 heterocycles. The first-order valence-electron chi connectivity index (χ1n) is 9.29. The normalized spacial score (nSPS) is 25.2. The number of rotatable bonds is 5. The smallest absolute Gasteiger partial charge is 0.328 e. The van der Waals surface area contributed by atoms with Gasteiger partial charge in [0.1, 0.15) is 11.7 Å². The summed E-state index contributed by atoms with van der Waals surface area (Å²) >= 11 is 0. The maximum absolute atomic E-state index is 12.7. The van der Waals surface area contributed by atoms with Crippen molar-refractivity contribution in [3.8, 4) is 0 Å². The molecule has 26 heavy (non-hydrogen) atoms. The fourth-order valence-electron chi connectivity index (χ4n) is 4.34. The van der Waals surface area contributed by atoms with E-state index in [1.165, 1.54) is 4.90 Å². The number of carbonyl (C=O) groups excluding carboxylic acids is 2. The van der Waals surface area contributed by atoms with E-state index in [4.69, 9.17) is 0 Å². The topological polar surface area (TPSA) is 96.4 Å². The molecule has 0 aromatic rings. The number of aliphatic carboxylic acids is 1. The Morgan fingerprint density at radius 2 is 2.04 bits per heavy atom. The maximum atomic E-state index is 12.7. The molecule has 1 atom stereocenters. The summed E-state index contributed by atoms with van der Waals surface area (Å²) in [5, 5.41) is 12.9. The molecule has 0 aromatic heterocycles. The summed E-state index contributed by atoms with van der Waals surface area (Å²) < 4.78 is 0. The number of carboxylic acids is 1. The van der Waals surface area contributed by atoms with E-state index in [0.29, 0.717) is 38.4 Å². The van der Waals surface area contributed by atoms with E-state index < -0.39 is 12.0 Å². The zero-order chi connectivity index (χ0) is 18.3. The van der Waals surface area contributed by atoms with Crippen LogP contribution in [0, 0.1) is 0 Å². The van der Waals surface area contributed by atoms with E-state index in [0.717, 1.165) is 25.9 Å². The largest absolute Gasteiger partial charge is 0.480 e. The lowest BCUT2D eigenvalue weighted by Crippen LogP contribution is -2.49. The summed E-state index contributed by atoms with van der Waals surface area (Å²) in [7, 11) is 0. The molecule has 0 bridgehead atoms. The van der Waals surface area contributed by atoms with Gasteiger partial charge < -0.3 is 30.0 Å². The van der Waals surface area contributed by atoms with Gasteiger partial charge in [0.15, 0.2) is 0 Å². The molecule has 4 aliphatic heterocycles. The molecular weight excluding hydrogens is 338 g/mol. The predicted molar refractivity (Wildman–Crippen MR) is 91.5 cm³/mol. The molecule has 4 aliphatic rings. The second kappa shape index (κ2) is 6.79. The maximum Gasteiger partial charge on any atom is 0.328 e. The van der Waals surface area contributed by atoms with Crippen LogP contribution >= 0.6 is 0 Å². The van der Waals surface area contributed by atoms with Gasteiger partial charge in [0.2, 0.25) is 5.91 Å². The number of carbonyl (C=O) groups is 3. The molecule has 1 unspecified atom stereocenters. The summed E-state index contributed by atoms with van der Waals surface area (Å²) in [4.78, 5) is 43.5. The second-order valence-electron chi connectivity index (χ2n) is 7.41. The number of hydrogen-bond acceptors (Lipinski definition) is 6. The van der Waals surface area contributed by atoms with Gasteiger partial charge in [0.25, 0.3) is 5.91 Å². The van der Waals surface area contributed by atoms with E-state index in [2.05, 4.69) is 5.32 Å². The lowest BCUT2D eigenvalue weighted by Gasteiger charge is -2.32. The summed E-state index contributed by atoms with van der Waals surface area (Å²) in [6.07, 6.45) is 4.82. The number of fused-ring (bicyclic) bond motifs is 1. The molecule has 0 spiro atoms. The van der Waals surface area contributed by atoms with Gasteiger partial charge in [-0.05, 0) is 32.4 Å². The first-order valence-corrected chi connectivity index (χ1v) is 9.29. The Kier molecular flexibility index (Phi) is 4.47. The zero-order valence-electron chi connectivity index (χ0n) is 14.8. The van der Waals surface area contributed by atoms with Crippen LogP contribution in [-0.4, -0.2) is 94.1 Å². The van der Waals surface area contributed by atoms with Crippen LogP contribution in [0.15, 0.2) is 11.9 Å². The van der Waals surface area contributed by atoms with Gasteiger partial charge in [-0.3, -0.25) is 9.59 Å². The number of piperidine rings is 1. The quantitative estimate of drug-likeness (QED) is 0.649. The van der Waals surface area contributed by atoms with Crippen molar-refractivity contribution in [3.63, 3.8) is 0 Å². The lowest BCUT2D eigenvalue weighted by atomic mass is 10.1. The average molecular weight is 363 g/mol. The van der Waals surface area contributed by atoms with Crippen molar-refractivity contribution in [3.05, 3.63) is 11.9 Å². The monoisotopic (exact) mass is 363 g/mol. The highest BCUT2D eigenvalue weighted by Gasteiger charge is 2.42. The Hall–Kier alpha value is -2.29. The molecule has 3 saturated heterocycles. The molecular formula is C17H25N5O4. The van der Waals surface area contributed by atoms with Crippen LogP contribution in [0.5, 0.6) is 0 Å². The minimum absolute atomic E-state index is 0.0310. The highest BCUT2D eigenvalue weighted by atomic mass is 16.4. The van der Waals surface area contributed by atoms with Crippen LogP contribution in [0.3, 0.4) is 0 Å². The third kappa shape index (κ3) is 3.00. The number of nitrogens with one attached hydrogen (secondary N) is 1. The SMILES string of the molecule is O=C(O)C(CN1C=C2C(=O)N(C3CCNCC3)CN2C1)N1CCCC1=O. The number of nitrogens with zero attached hydrogens (tertiary/aromatic N) is 4. The Morgan fingerprint density at radius 1 is 1.27 bits per heavy atom. The number of carboxylic acid groups (broad SMARTS) is 1. The predicted octanol–water partition coefficient (Wildman–Crippen LogP) is -0.970. The summed E-state index contributed by atoms with van der Waals surface area (Å²) in [6.45, 7) is 3.63. The van der Waals surface area contributed by atoms with E-state index in [-0.39, 0.29) is 24.4 Å². The first-order chi connectivity index (χ1) is 12.5. The molecule has 0 radical (unpaired) electrons. The first kappa shape index (κ1) is 17.1. The summed E-state index contributed by atoms with van der Waals surface area (Å²) in [6, 6.07) is -0.588. The van der Waals surface area contributed by atoms with Crippen molar-refractivity contribution in [2.75, 3.05) is 39.5 Å². The van der Waals surface area contributed by atoms with E-state index >= 15 is 0 Å². The molecule has 9 nitrogen and oxygen atoms in total. The van der Waals surface area contributed by atoms with Gasteiger partial charge in [-0.1, -0.05) is 0 Å². The van der Waals surface area contributed by atoms with Crippen molar-refractivity contribution >= 4 is 17.8 Å². The molecule has 2 N–H and O–H groups in total. The van der Waals surface area contributed by atoms with Crippen molar-refractivity contribution in [2.24, 2.45) is 0 Å². The number of hydrogen-bond donors (Lipinski definition) is 2. The second-order valence-corrected chi connectivity index (χ2v) is 7.41. The fraction of sp³-hybridized carbons (Fsp3) is 0.706. The Morgan fingerprint density at radius 3 is 2.65 bits per heavy atom. The average Bonchev–Trinajstić information content (AvgIpc) is 3.30. The van der Waals surface area contributed by atoms with Crippen LogP contribution in [0.25, 0.3) is 0 Å². The Balaban J connectivity index is 1.42. The van der Waals surface area contributed by atoms with Gasteiger partial charge >= 0.3 is 5.97 Å². The van der Waals surface area contributed by atoms with Crippen molar-refractivity contribution in [2.45, 2.75) is 37.8 Å². The van der Waals surface area contributed by atoms with Crippen LogP contribution in [-0.2, 0) is 14.4 Å². The van der Waals surface area contributed by atoms with Crippen molar-refractivity contribution in [1.29, 1.82) is 0 Å². The standard InChI is InChI=1S/C17H25N5O4/c23-15-2-1-7-21(15)14(17(25)26)9-19-8-13-16(24)22(11-20(13)10-19)12-3-5-18-6-4-12/h8,12,14,18H,1-7,9-11H2,(H,25,26). The molecule has 0 aliphatic carbocycles. The van der Waals surface area contributed by atoms with Crippen molar-refractivity contribution < 1.29 is 19.5 Å². The fourth-order valence-corrected chi connectivity index (χ4v) is 4.34. The molecule has 3 fully saturated rings. The van der Waals surface area contributed by atoms with Crippen LogP contribution in [0.1, 0.15) is 25.7 Å². The number of amides is 2. The van der Waals surface area contributed by atoms with E-state index in [9.17, 15) is 19.5 Å². The Labute approximate surface area is 152 Å². The molecule has 0 aromatic carbocycles. The summed E-state index contributed by atoms with van der Waals surface area (Å²) in [5.74, 6) is -1.06. The van der Waals surface area contributed by atoms with Crippen LogP contribution < -0.4 is 5.32 Å². The zero-order valence-corrected chi connectivity index (χ0v) is 14.8. The molecule has 2 amide bonds. The lowest BCUT2D eigenvalue weighted by molar-refractivity contribution is -0.148. The van der Waals surface area contributed by atoms with Gasteiger partial charge in [0, 0.05) is 25.2 Å². The van der Waals surface area contributed by atoms with Crippen LogP contribution in [0.2, 0.25) is 0 Å². The van der Waals surface area contributed by atoms with E-state index in [1.54, 1.807) is 6.20 Å². The highest BCUT2D eigenvalue weighted by molar-refractivity contribution is 5.95. The third-order valence-electron chi connectivity index (χ3n) is 5.73. The van der Waals surface area contributed by atoms with Gasteiger partial charge in [-0.2, -0.15) is 0 Å². The summed E-state index contributed by atoms with van der Waals surface area (Å²) in [5.41, 5.74) is 0.639. The Bertz CT molecular complexity index is 645. The molecule has 142 valence electrons. The highest BCUT2D eigenvalue weighted by Crippen LogP contribution is 2.29. The molecule has 9 heteroatoms. The van der Waals surface area contributed by atoms with E-state index in [1.807, 2.05) is 14.7 Å². The minimum Gasteiger partial charge on any atom is -0.480 e. The van der Waals surface area contributed by atoms with Crippen LogP contribution in [0.4, 0.5) is 0 Å². The van der Waals surface area contributed by atoms with Gasteiger partial charge in [-0.25, -0.2) is 4.79 Å². The van der Waals surface area contributed by atoms with Crippen molar-refractivity contribution in [1.82, 2.24) is 24.9 Å². The minimum atomic E-state index is -0.992. The van der Waals surface area contributed by atoms with Gasteiger partial charge in [-0.15, -0.1) is 0 Å². The molecule has 4 rings (SSSR count).